The van der Waals surface area contributed by atoms with Gasteiger partial charge in [0, 0.05) is 13.1 Å². The lowest BCUT2D eigenvalue weighted by Crippen LogP contribution is -2.40. The van der Waals surface area contributed by atoms with Crippen molar-refractivity contribution in [2.24, 2.45) is 11.3 Å². The lowest BCUT2D eigenvalue weighted by atomic mass is 9.76. The molecule has 1 saturated heterocycles. The second kappa shape index (κ2) is 5.94. The Labute approximate surface area is 128 Å². The third kappa shape index (κ3) is 2.53. The molecular weight excluding hydrogens is 289 g/mol. The van der Waals surface area contributed by atoms with Crippen LogP contribution in [0.5, 0.6) is 5.75 Å². The molecule has 5 nitrogen and oxygen atoms in total. The van der Waals surface area contributed by atoms with Crippen molar-refractivity contribution in [1.29, 1.82) is 0 Å². The van der Waals surface area contributed by atoms with Gasteiger partial charge >= 0.3 is 5.97 Å². The van der Waals surface area contributed by atoms with Crippen molar-refractivity contribution in [2.75, 3.05) is 20.2 Å². The minimum atomic E-state index is -0.978. The molecule has 120 valence electrons. The first kappa shape index (κ1) is 16.3. The molecule has 6 heteroatoms. The van der Waals surface area contributed by atoms with Gasteiger partial charge in [-0.1, -0.05) is 19.9 Å². The number of amides is 1. The predicted molar refractivity (Wildman–Crippen MR) is 78.4 cm³/mol. The largest absolute Gasteiger partial charge is 0.496 e. The number of carbonyl (C=O) groups excluding carboxylic acids is 1. The highest BCUT2D eigenvalue weighted by atomic mass is 19.1. The van der Waals surface area contributed by atoms with Gasteiger partial charge in [0.15, 0.2) is 0 Å². The maximum Gasteiger partial charge on any atom is 0.311 e. The van der Waals surface area contributed by atoms with Crippen molar-refractivity contribution in [1.82, 2.24) is 4.90 Å². The van der Waals surface area contributed by atoms with Gasteiger partial charge in [-0.3, -0.25) is 9.59 Å². The van der Waals surface area contributed by atoms with E-state index in [0.717, 1.165) is 0 Å². The zero-order chi connectivity index (χ0) is 16.5. The highest BCUT2D eigenvalue weighted by Crippen LogP contribution is 2.39. The zero-order valence-electron chi connectivity index (χ0n) is 12.9. The highest BCUT2D eigenvalue weighted by Gasteiger charge is 2.49. The Morgan fingerprint density at radius 1 is 1.41 bits per heavy atom. The minimum Gasteiger partial charge on any atom is -0.496 e. The van der Waals surface area contributed by atoms with Crippen molar-refractivity contribution < 1.29 is 23.8 Å². The normalized spacial score (nSPS) is 21.2. The Balaban J connectivity index is 2.32. The number of rotatable bonds is 4. The third-order valence-electron chi connectivity index (χ3n) is 4.53. The van der Waals surface area contributed by atoms with Crippen molar-refractivity contribution in [2.45, 2.75) is 20.3 Å². The molecule has 0 bridgehead atoms. The van der Waals surface area contributed by atoms with Crippen LogP contribution in [0.3, 0.4) is 0 Å². The van der Waals surface area contributed by atoms with Crippen LogP contribution in [0.4, 0.5) is 4.39 Å². The molecule has 0 radical (unpaired) electrons. The Bertz CT molecular complexity index is 602. The van der Waals surface area contributed by atoms with Gasteiger partial charge in [-0.15, -0.1) is 0 Å². The summed E-state index contributed by atoms with van der Waals surface area (Å²) in [5, 5.41) is 9.52. The van der Waals surface area contributed by atoms with Gasteiger partial charge in [0.2, 0.25) is 0 Å². The number of halogens is 1. The van der Waals surface area contributed by atoms with Gasteiger partial charge < -0.3 is 14.7 Å². The molecule has 1 fully saturated rings. The number of carboxylic acids is 1. The first-order chi connectivity index (χ1) is 10.3. The molecule has 0 aromatic heterocycles. The smallest absolute Gasteiger partial charge is 0.311 e. The first-order valence-electron chi connectivity index (χ1n) is 7.18. The average molecular weight is 309 g/mol. The molecule has 1 amide bonds. The van der Waals surface area contributed by atoms with Crippen LogP contribution < -0.4 is 4.74 Å². The molecule has 1 aromatic carbocycles. The zero-order valence-corrected chi connectivity index (χ0v) is 12.9. The number of carboxylic acid groups (broad SMARTS) is 1. The molecular formula is C16H20FNO4. The summed E-state index contributed by atoms with van der Waals surface area (Å²) in [7, 11) is 1.37. The lowest BCUT2D eigenvalue weighted by molar-refractivity contribution is -0.150. The van der Waals surface area contributed by atoms with E-state index in [1.807, 2.05) is 13.8 Å². The molecule has 1 atom stereocenters. The molecule has 1 N–H and O–H groups in total. The maximum atomic E-state index is 14.0. The van der Waals surface area contributed by atoms with E-state index in [1.165, 1.54) is 30.2 Å². The van der Waals surface area contributed by atoms with Crippen LogP contribution in [0.15, 0.2) is 18.2 Å². The van der Waals surface area contributed by atoms with Crippen molar-refractivity contribution in [3.63, 3.8) is 0 Å². The van der Waals surface area contributed by atoms with Gasteiger partial charge in [0.1, 0.15) is 17.1 Å². The number of hydrogen-bond acceptors (Lipinski definition) is 3. The fourth-order valence-electron chi connectivity index (χ4n) is 2.94. The number of nitrogens with zero attached hydrogens (tertiary/aromatic N) is 1. The standard InChI is InChI=1S/C16H20FNO4/c1-10(2)16(15(20)21)7-8-18(9-16)14(19)13-11(17)5-4-6-12(13)22-3/h4-6,10H,7-9H2,1-3H3,(H,20,21). The molecule has 2 rings (SSSR count). The Kier molecular flexibility index (Phi) is 4.39. The lowest BCUT2D eigenvalue weighted by Gasteiger charge is -2.28. The molecule has 1 aromatic rings. The number of carbonyl (C=O) groups is 2. The van der Waals surface area contributed by atoms with E-state index in [-0.39, 0.29) is 23.8 Å². The molecule has 22 heavy (non-hydrogen) atoms. The fraction of sp³-hybridized carbons (Fsp3) is 0.500. The van der Waals surface area contributed by atoms with Crippen molar-refractivity contribution in [3.8, 4) is 5.75 Å². The van der Waals surface area contributed by atoms with E-state index in [2.05, 4.69) is 0 Å². The van der Waals surface area contributed by atoms with Crippen LogP contribution in [0, 0.1) is 17.2 Å². The number of hydrogen-bond donors (Lipinski definition) is 1. The summed E-state index contributed by atoms with van der Waals surface area (Å²) in [6.45, 7) is 4.02. The number of likely N-dealkylation sites (tertiary alicyclic amines) is 1. The molecule has 0 aliphatic carbocycles. The average Bonchev–Trinajstić information content (AvgIpc) is 2.93. The van der Waals surface area contributed by atoms with Crippen LogP contribution in [-0.4, -0.2) is 42.1 Å². The summed E-state index contributed by atoms with van der Waals surface area (Å²) in [6, 6.07) is 4.17. The van der Waals surface area contributed by atoms with E-state index in [1.54, 1.807) is 0 Å². The summed E-state index contributed by atoms with van der Waals surface area (Å²) >= 11 is 0. The first-order valence-corrected chi connectivity index (χ1v) is 7.18. The van der Waals surface area contributed by atoms with Crippen LogP contribution in [0.25, 0.3) is 0 Å². The van der Waals surface area contributed by atoms with Gasteiger partial charge in [-0.2, -0.15) is 0 Å². The SMILES string of the molecule is COc1cccc(F)c1C(=O)N1CCC(C(=O)O)(C(C)C)C1. The number of methoxy groups -OCH3 is 1. The molecule has 1 heterocycles. The van der Waals surface area contributed by atoms with Crippen molar-refractivity contribution in [3.05, 3.63) is 29.6 Å². The summed E-state index contributed by atoms with van der Waals surface area (Å²) < 4.78 is 19.1. The number of aliphatic carboxylic acids is 1. The Morgan fingerprint density at radius 3 is 2.59 bits per heavy atom. The third-order valence-corrected chi connectivity index (χ3v) is 4.53. The van der Waals surface area contributed by atoms with Crippen LogP contribution in [0.1, 0.15) is 30.6 Å². The number of ether oxygens (including phenoxy) is 1. The molecule has 0 spiro atoms. The van der Waals surface area contributed by atoms with Gasteiger partial charge in [-0.05, 0) is 24.5 Å². The van der Waals surface area contributed by atoms with Gasteiger partial charge in [0.25, 0.3) is 5.91 Å². The Hall–Kier alpha value is -2.11. The van der Waals surface area contributed by atoms with Crippen LogP contribution in [0.2, 0.25) is 0 Å². The summed E-state index contributed by atoms with van der Waals surface area (Å²) in [4.78, 5) is 25.6. The second-order valence-corrected chi connectivity index (χ2v) is 5.91. The van der Waals surface area contributed by atoms with Gasteiger partial charge in [0.05, 0.1) is 12.5 Å². The molecule has 0 saturated carbocycles. The van der Waals surface area contributed by atoms with Crippen molar-refractivity contribution >= 4 is 11.9 Å². The van der Waals surface area contributed by atoms with Crippen LogP contribution >= 0.6 is 0 Å². The molecule has 1 aliphatic rings. The number of benzene rings is 1. The summed E-state index contributed by atoms with van der Waals surface area (Å²) in [5.74, 6) is -2.08. The summed E-state index contributed by atoms with van der Waals surface area (Å²) in [6.07, 6.45) is 0.364. The maximum absolute atomic E-state index is 14.0. The minimum absolute atomic E-state index is 0.0797. The summed E-state index contributed by atoms with van der Waals surface area (Å²) in [5.41, 5.74) is -1.12. The predicted octanol–water partition coefficient (Wildman–Crippen LogP) is 2.41. The fourth-order valence-corrected chi connectivity index (χ4v) is 2.94. The van der Waals surface area contributed by atoms with E-state index < -0.39 is 23.1 Å². The molecule has 1 unspecified atom stereocenters. The van der Waals surface area contributed by atoms with E-state index in [4.69, 9.17) is 4.74 Å². The van der Waals surface area contributed by atoms with Crippen LogP contribution in [-0.2, 0) is 4.79 Å². The van der Waals surface area contributed by atoms with Gasteiger partial charge in [-0.25, -0.2) is 4.39 Å². The quantitative estimate of drug-likeness (QED) is 0.927. The van der Waals surface area contributed by atoms with E-state index in [0.29, 0.717) is 13.0 Å². The monoisotopic (exact) mass is 309 g/mol. The van der Waals surface area contributed by atoms with E-state index in [9.17, 15) is 19.1 Å². The van der Waals surface area contributed by atoms with E-state index >= 15 is 0 Å². The highest BCUT2D eigenvalue weighted by molar-refractivity contribution is 5.98. The topological polar surface area (TPSA) is 66.8 Å². The molecule has 1 aliphatic heterocycles. The second-order valence-electron chi connectivity index (χ2n) is 5.91. The Morgan fingerprint density at radius 2 is 2.09 bits per heavy atom.